The van der Waals surface area contributed by atoms with Crippen LogP contribution >= 0.6 is 11.3 Å². The van der Waals surface area contributed by atoms with Crippen LogP contribution in [0.4, 0.5) is 0 Å². The van der Waals surface area contributed by atoms with Crippen molar-refractivity contribution >= 4 is 11.3 Å². The standard InChI is InChI=1S/C17H15NO2S/c1-2-9-18-14(5-1)13-8-11-20-17(13,15-6-3-10-19-15)16-7-4-12-21-16/h1-7,9-10,12-13H,8,11H2. The van der Waals surface area contributed by atoms with E-state index in [0.717, 1.165) is 17.9 Å². The maximum absolute atomic E-state index is 6.27. The molecule has 2 unspecified atom stereocenters. The quantitative estimate of drug-likeness (QED) is 0.727. The van der Waals surface area contributed by atoms with Gasteiger partial charge in [0, 0.05) is 29.3 Å². The molecule has 0 radical (unpaired) electrons. The van der Waals surface area contributed by atoms with Gasteiger partial charge in [0.15, 0.2) is 5.60 Å². The Balaban J connectivity index is 1.90. The van der Waals surface area contributed by atoms with Crippen molar-refractivity contribution in [2.75, 3.05) is 6.61 Å². The number of hydrogen-bond acceptors (Lipinski definition) is 4. The van der Waals surface area contributed by atoms with Crippen molar-refractivity contribution in [2.24, 2.45) is 0 Å². The lowest BCUT2D eigenvalue weighted by molar-refractivity contribution is 0.0107. The third-order valence-electron chi connectivity index (χ3n) is 4.05. The van der Waals surface area contributed by atoms with Gasteiger partial charge in [-0.25, -0.2) is 0 Å². The first kappa shape index (κ1) is 12.8. The van der Waals surface area contributed by atoms with Gasteiger partial charge >= 0.3 is 0 Å². The summed E-state index contributed by atoms with van der Waals surface area (Å²) >= 11 is 1.70. The lowest BCUT2D eigenvalue weighted by Crippen LogP contribution is -2.31. The molecule has 0 saturated carbocycles. The molecule has 0 N–H and O–H groups in total. The highest BCUT2D eigenvalue weighted by atomic mass is 32.1. The average molecular weight is 297 g/mol. The molecule has 4 heterocycles. The highest BCUT2D eigenvalue weighted by Gasteiger charge is 2.51. The van der Waals surface area contributed by atoms with E-state index in [-0.39, 0.29) is 5.92 Å². The van der Waals surface area contributed by atoms with Gasteiger partial charge in [-0.2, -0.15) is 0 Å². The van der Waals surface area contributed by atoms with Crippen LogP contribution in [0.1, 0.15) is 28.7 Å². The fourth-order valence-corrected chi connectivity index (χ4v) is 4.10. The SMILES string of the molecule is c1ccc(C2CCOC2(c2ccco2)c2cccs2)nc1. The molecule has 0 bridgehead atoms. The van der Waals surface area contributed by atoms with Crippen molar-refractivity contribution in [1.29, 1.82) is 0 Å². The third-order valence-corrected chi connectivity index (χ3v) is 5.03. The predicted molar refractivity (Wildman–Crippen MR) is 81.4 cm³/mol. The topological polar surface area (TPSA) is 35.3 Å². The zero-order valence-electron chi connectivity index (χ0n) is 11.4. The van der Waals surface area contributed by atoms with E-state index in [9.17, 15) is 0 Å². The maximum Gasteiger partial charge on any atom is 0.168 e. The Morgan fingerprint density at radius 2 is 2.14 bits per heavy atom. The van der Waals surface area contributed by atoms with Gasteiger partial charge in [-0.05, 0) is 42.1 Å². The van der Waals surface area contributed by atoms with E-state index < -0.39 is 5.60 Å². The second kappa shape index (κ2) is 5.13. The molecule has 3 aromatic rings. The van der Waals surface area contributed by atoms with E-state index >= 15 is 0 Å². The number of rotatable bonds is 3. The summed E-state index contributed by atoms with van der Waals surface area (Å²) in [6, 6.07) is 14.1. The summed E-state index contributed by atoms with van der Waals surface area (Å²) < 4.78 is 12.0. The fourth-order valence-electron chi connectivity index (χ4n) is 3.17. The number of pyridine rings is 1. The van der Waals surface area contributed by atoms with Crippen LogP contribution in [0.5, 0.6) is 0 Å². The largest absolute Gasteiger partial charge is 0.466 e. The van der Waals surface area contributed by atoms with Crippen LogP contribution in [0.3, 0.4) is 0 Å². The zero-order valence-corrected chi connectivity index (χ0v) is 12.3. The molecule has 3 nitrogen and oxygen atoms in total. The van der Waals surface area contributed by atoms with Crippen LogP contribution in [0.2, 0.25) is 0 Å². The number of ether oxygens (including phenoxy) is 1. The molecule has 1 aliphatic heterocycles. The Hall–Kier alpha value is -1.91. The monoisotopic (exact) mass is 297 g/mol. The molecule has 1 fully saturated rings. The summed E-state index contributed by atoms with van der Waals surface area (Å²) in [4.78, 5) is 5.73. The van der Waals surface area contributed by atoms with E-state index in [1.165, 1.54) is 4.88 Å². The highest BCUT2D eigenvalue weighted by molar-refractivity contribution is 7.10. The van der Waals surface area contributed by atoms with Crippen LogP contribution in [0.25, 0.3) is 0 Å². The zero-order chi connectivity index (χ0) is 14.1. The lowest BCUT2D eigenvalue weighted by atomic mass is 9.81. The van der Waals surface area contributed by atoms with Gasteiger partial charge in [-0.1, -0.05) is 12.1 Å². The smallest absolute Gasteiger partial charge is 0.168 e. The molecule has 3 aromatic heterocycles. The summed E-state index contributed by atoms with van der Waals surface area (Å²) in [6.45, 7) is 0.708. The second-order valence-corrected chi connectivity index (χ2v) is 6.08. The van der Waals surface area contributed by atoms with E-state index in [1.807, 2.05) is 30.5 Å². The van der Waals surface area contributed by atoms with Gasteiger partial charge in [-0.15, -0.1) is 11.3 Å². The Kier molecular flexibility index (Phi) is 3.13. The molecule has 0 amide bonds. The van der Waals surface area contributed by atoms with Gasteiger partial charge in [0.25, 0.3) is 0 Å². The predicted octanol–water partition coefficient (Wildman–Crippen LogP) is 4.18. The van der Waals surface area contributed by atoms with Gasteiger partial charge < -0.3 is 9.15 Å². The van der Waals surface area contributed by atoms with Crippen LogP contribution in [-0.4, -0.2) is 11.6 Å². The highest BCUT2D eigenvalue weighted by Crippen LogP contribution is 2.52. The molecule has 0 aromatic carbocycles. The summed E-state index contributed by atoms with van der Waals surface area (Å²) in [5.74, 6) is 1.03. The van der Waals surface area contributed by atoms with Crippen LogP contribution in [-0.2, 0) is 10.3 Å². The Morgan fingerprint density at radius 1 is 1.14 bits per heavy atom. The second-order valence-electron chi connectivity index (χ2n) is 5.13. The van der Waals surface area contributed by atoms with E-state index in [0.29, 0.717) is 6.61 Å². The molecule has 1 saturated heterocycles. The molecule has 0 aliphatic carbocycles. The molecule has 2 atom stereocenters. The molecule has 0 spiro atoms. The Morgan fingerprint density at radius 3 is 2.86 bits per heavy atom. The van der Waals surface area contributed by atoms with Gasteiger partial charge in [0.05, 0.1) is 6.26 Å². The Labute approximate surface area is 127 Å². The van der Waals surface area contributed by atoms with Crippen molar-refractivity contribution in [3.05, 3.63) is 76.6 Å². The minimum Gasteiger partial charge on any atom is -0.466 e. The third kappa shape index (κ3) is 1.94. The summed E-state index contributed by atoms with van der Waals surface area (Å²) in [7, 11) is 0. The lowest BCUT2D eigenvalue weighted by Gasteiger charge is -2.31. The number of nitrogens with zero attached hydrogens (tertiary/aromatic N) is 1. The fraction of sp³-hybridized carbons (Fsp3) is 0.235. The number of furan rings is 1. The van der Waals surface area contributed by atoms with E-state index in [1.54, 1.807) is 17.6 Å². The molecular weight excluding hydrogens is 282 g/mol. The number of aromatic nitrogens is 1. The minimum atomic E-state index is -0.550. The minimum absolute atomic E-state index is 0.170. The molecule has 4 heteroatoms. The molecule has 4 rings (SSSR count). The molecular formula is C17H15NO2S. The van der Waals surface area contributed by atoms with Crippen LogP contribution in [0, 0.1) is 0 Å². The van der Waals surface area contributed by atoms with Crippen LogP contribution in [0.15, 0.2) is 64.7 Å². The molecule has 21 heavy (non-hydrogen) atoms. The van der Waals surface area contributed by atoms with Crippen LogP contribution < -0.4 is 0 Å². The van der Waals surface area contributed by atoms with Gasteiger partial charge in [0.1, 0.15) is 5.76 Å². The van der Waals surface area contributed by atoms with Crippen molar-refractivity contribution in [2.45, 2.75) is 17.9 Å². The van der Waals surface area contributed by atoms with Gasteiger partial charge in [-0.3, -0.25) is 4.98 Å². The van der Waals surface area contributed by atoms with Crippen molar-refractivity contribution in [1.82, 2.24) is 4.98 Å². The first-order valence-electron chi connectivity index (χ1n) is 7.04. The van der Waals surface area contributed by atoms with E-state index in [2.05, 4.69) is 28.6 Å². The molecule has 106 valence electrons. The average Bonchev–Trinajstić information content (AvgIpc) is 3.27. The summed E-state index contributed by atoms with van der Waals surface area (Å²) in [5.41, 5.74) is 0.506. The Bertz CT molecular complexity index is 657. The number of thiophene rings is 1. The summed E-state index contributed by atoms with van der Waals surface area (Å²) in [5, 5.41) is 2.08. The van der Waals surface area contributed by atoms with Crippen molar-refractivity contribution in [3.63, 3.8) is 0 Å². The van der Waals surface area contributed by atoms with Crippen molar-refractivity contribution < 1.29 is 9.15 Å². The molecule has 1 aliphatic rings. The first-order valence-corrected chi connectivity index (χ1v) is 7.92. The first-order chi connectivity index (χ1) is 10.4. The summed E-state index contributed by atoms with van der Waals surface area (Å²) in [6.07, 6.45) is 4.49. The van der Waals surface area contributed by atoms with Gasteiger partial charge in [0.2, 0.25) is 0 Å². The van der Waals surface area contributed by atoms with Crippen molar-refractivity contribution in [3.8, 4) is 0 Å². The number of hydrogen-bond donors (Lipinski definition) is 0. The normalized spacial score (nSPS) is 25.2. The van der Waals surface area contributed by atoms with E-state index in [4.69, 9.17) is 9.15 Å². The maximum atomic E-state index is 6.27.